The zero-order valence-corrected chi connectivity index (χ0v) is 20.0. The second kappa shape index (κ2) is 8.57. The molecule has 8 nitrogen and oxygen atoms in total. The Hall–Kier alpha value is -2.30. The number of nitrogens with one attached hydrogen (secondary N) is 1. The molecule has 2 aliphatic rings. The van der Waals surface area contributed by atoms with Crippen LogP contribution in [0, 0.1) is 11.3 Å². The van der Waals surface area contributed by atoms with Crippen LogP contribution in [0.5, 0.6) is 5.75 Å². The number of thiazole rings is 1. The monoisotopic (exact) mass is 477 g/mol. The van der Waals surface area contributed by atoms with Crippen molar-refractivity contribution in [1.82, 2.24) is 9.29 Å². The molecule has 0 saturated carbocycles. The van der Waals surface area contributed by atoms with Gasteiger partial charge >= 0.3 is 0 Å². The van der Waals surface area contributed by atoms with Crippen molar-refractivity contribution in [2.75, 3.05) is 25.5 Å². The van der Waals surface area contributed by atoms with Crippen molar-refractivity contribution >= 4 is 38.2 Å². The van der Waals surface area contributed by atoms with Gasteiger partial charge < -0.3 is 10.1 Å². The number of carbonyl (C=O) groups is 2. The molecule has 2 aromatic rings. The quantitative estimate of drug-likeness (QED) is 0.708. The maximum Gasteiger partial charge on any atom is 0.243 e. The molecule has 172 valence electrons. The fourth-order valence-electron chi connectivity index (χ4n) is 4.25. The normalized spacial score (nSPS) is 21.1. The van der Waals surface area contributed by atoms with Crippen molar-refractivity contribution < 1.29 is 22.7 Å². The van der Waals surface area contributed by atoms with Crippen LogP contribution in [0.1, 0.15) is 48.5 Å². The van der Waals surface area contributed by atoms with Crippen LogP contribution < -0.4 is 10.1 Å². The van der Waals surface area contributed by atoms with Crippen molar-refractivity contribution in [3.8, 4) is 5.75 Å². The Kier molecular flexibility index (Phi) is 6.12. The van der Waals surface area contributed by atoms with Gasteiger partial charge in [-0.3, -0.25) is 9.59 Å². The molecule has 0 spiro atoms. The molecular weight excluding hydrogens is 450 g/mol. The third kappa shape index (κ3) is 4.57. The first-order valence-electron chi connectivity index (χ1n) is 10.6. The van der Waals surface area contributed by atoms with Gasteiger partial charge in [0, 0.05) is 19.5 Å². The summed E-state index contributed by atoms with van der Waals surface area (Å²) in [5.41, 5.74) is 0.595. The Bertz CT molecular complexity index is 1140. The Morgan fingerprint density at radius 2 is 1.97 bits per heavy atom. The van der Waals surface area contributed by atoms with Crippen molar-refractivity contribution in [1.29, 1.82) is 0 Å². The lowest BCUT2D eigenvalue weighted by molar-refractivity contribution is -0.120. The number of aromatic nitrogens is 1. The molecular formula is C22H27N3O5S2. The van der Waals surface area contributed by atoms with Crippen LogP contribution in [0.3, 0.4) is 0 Å². The van der Waals surface area contributed by atoms with E-state index < -0.39 is 15.9 Å². The second-order valence-electron chi connectivity index (χ2n) is 9.10. The number of nitrogens with zero attached hydrogens (tertiary/aromatic N) is 2. The molecule has 1 fully saturated rings. The number of hydrogen-bond donors (Lipinski definition) is 1. The van der Waals surface area contributed by atoms with E-state index in [2.05, 4.69) is 10.3 Å². The molecule has 1 N–H and O–H groups in total. The van der Waals surface area contributed by atoms with Crippen molar-refractivity contribution in [2.45, 2.75) is 44.4 Å². The average Bonchev–Trinajstić information content (AvgIpc) is 3.15. The molecule has 1 saturated heterocycles. The zero-order valence-electron chi connectivity index (χ0n) is 18.4. The Balaban J connectivity index is 1.46. The number of rotatable bonds is 5. The number of amides is 1. The predicted octanol–water partition coefficient (Wildman–Crippen LogP) is 3.35. The number of carbonyl (C=O) groups excluding carboxylic acids is 2. The summed E-state index contributed by atoms with van der Waals surface area (Å²) in [7, 11) is -2.19. The first-order chi connectivity index (χ1) is 15.1. The third-order valence-electron chi connectivity index (χ3n) is 5.92. The van der Waals surface area contributed by atoms with Gasteiger partial charge in [-0.25, -0.2) is 13.4 Å². The number of Topliss-reactive ketones (excluding diaryl/α,β-unsaturated/α-hetero) is 1. The number of hydrogen-bond acceptors (Lipinski definition) is 7. The largest absolute Gasteiger partial charge is 0.497 e. The van der Waals surface area contributed by atoms with Gasteiger partial charge in [-0.2, -0.15) is 4.31 Å². The number of benzene rings is 1. The third-order valence-corrected chi connectivity index (χ3v) is 8.85. The zero-order chi connectivity index (χ0) is 23.1. The Morgan fingerprint density at radius 1 is 1.25 bits per heavy atom. The number of fused-ring (bicyclic) bond motifs is 1. The summed E-state index contributed by atoms with van der Waals surface area (Å²) in [6.07, 6.45) is 2.35. The molecule has 0 bridgehead atoms. The number of ketones is 1. The minimum atomic E-state index is -3.71. The van der Waals surface area contributed by atoms with Crippen LogP contribution in [-0.4, -0.2) is 49.6 Å². The highest BCUT2D eigenvalue weighted by Gasteiger charge is 2.36. The van der Waals surface area contributed by atoms with E-state index in [0.29, 0.717) is 48.0 Å². The van der Waals surface area contributed by atoms with Gasteiger partial charge in [-0.15, -0.1) is 0 Å². The van der Waals surface area contributed by atoms with Crippen LogP contribution in [0.4, 0.5) is 5.13 Å². The molecule has 1 aliphatic heterocycles. The first-order valence-corrected chi connectivity index (χ1v) is 12.8. The molecule has 1 aromatic carbocycles. The van der Waals surface area contributed by atoms with Gasteiger partial charge in [0.15, 0.2) is 10.9 Å². The van der Waals surface area contributed by atoms with Crippen LogP contribution in [-0.2, 0) is 21.2 Å². The highest BCUT2D eigenvalue weighted by molar-refractivity contribution is 7.89. The van der Waals surface area contributed by atoms with Crippen LogP contribution >= 0.6 is 11.3 Å². The summed E-state index contributed by atoms with van der Waals surface area (Å²) in [6.45, 7) is 4.54. The Labute approximate surface area is 192 Å². The molecule has 2 heterocycles. The van der Waals surface area contributed by atoms with E-state index >= 15 is 0 Å². The van der Waals surface area contributed by atoms with Crippen molar-refractivity contribution in [3.05, 3.63) is 34.8 Å². The lowest BCUT2D eigenvalue weighted by Gasteiger charge is -2.31. The maximum absolute atomic E-state index is 13.0. The fraction of sp³-hybridized carbons (Fsp3) is 0.500. The maximum atomic E-state index is 13.0. The van der Waals surface area contributed by atoms with E-state index in [1.165, 1.54) is 34.9 Å². The van der Waals surface area contributed by atoms with E-state index in [-0.39, 0.29) is 28.5 Å². The number of anilines is 1. The molecule has 1 amide bonds. The van der Waals surface area contributed by atoms with Gasteiger partial charge in [0.2, 0.25) is 15.9 Å². The van der Waals surface area contributed by atoms with Gasteiger partial charge in [0.25, 0.3) is 0 Å². The second-order valence-corrected chi connectivity index (χ2v) is 12.0. The number of ether oxygens (including phenoxy) is 1. The lowest BCUT2D eigenvalue weighted by Crippen LogP contribution is -2.43. The molecule has 32 heavy (non-hydrogen) atoms. The lowest BCUT2D eigenvalue weighted by atomic mass is 9.78. The summed E-state index contributed by atoms with van der Waals surface area (Å²) in [4.78, 5) is 30.6. The molecule has 4 rings (SSSR count). The highest BCUT2D eigenvalue weighted by Crippen LogP contribution is 2.38. The van der Waals surface area contributed by atoms with Crippen molar-refractivity contribution in [2.24, 2.45) is 11.3 Å². The van der Waals surface area contributed by atoms with Crippen molar-refractivity contribution in [3.63, 3.8) is 0 Å². The van der Waals surface area contributed by atoms with Crippen LogP contribution in [0.15, 0.2) is 29.2 Å². The average molecular weight is 478 g/mol. The van der Waals surface area contributed by atoms with E-state index in [1.54, 1.807) is 12.1 Å². The predicted molar refractivity (Wildman–Crippen MR) is 122 cm³/mol. The van der Waals surface area contributed by atoms with Gasteiger partial charge in [0.1, 0.15) is 5.75 Å². The molecule has 1 atom stereocenters. The molecule has 1 unspecified atom stereocenters. The molecule has 1 aromatic heterocycles. The van der Waals surface area contributed by atoms with Gasteiger partial charge in [-0.05, 0) is 48.9 Å². The SMILES string of the molecule is COc1ccc(S(=O)(=O)N2CCCC(C(=O)Nc3nc4c(s3)C(=O)CC(C)(C)C4)C2)cc1. The molecule has 0 radical (unpaired) electrons. The van der Waals surface area contributed by atoms with Gasteiger partial charge in [0.05, 0.1) is 28.5 Å². The summed E-state index contributed by atoms with van der Waals surface area (Å²) in [5.74, 6) is -0.112. The van der Waals surface area contributed by atoms with Crippen LogP contribution in [0.2, 0.25) is 0 Å². The van der Waals surface area contributed by atoms with Crippen LogP contribution in [0.25, 0.3) is 0 Å². The number of sulfonamides is 1. The fourth-order valence-corrected chi connectivity index (χ4v) is 6.70. The highest BCUT2D eigenvalue weighted by atomic mass is 32.2. The minimum absolute atomic E-state index is 0.0590. The summed E-state index contributed by atoms with van der Waals surface area (Å²) >= 11 is 1.21. The van der Waals surface area contributed by atoms with Gasteiger partial charge in [-0.1, -0.05) is 25.2 Å². The summed E-state index contributed by atoms with van der Waals surface area (Å²) < 4.78 is 32.6. The smallest absolute Gasteiger partial charge is 0.243 e. The van der Waals surface area contributed by atoms with E-state index in [0.717, 1.165) is 5.69 Å². The van der Waals surface area contributed by atoms with E-state index in [9.17, 15) is 18.0 Å². The topological polar surface area (TPSA) is 106 Å². The molecule has 10 heteroatoms. The number of methoxy groups -OCH3 is 1. The minimum Gasteiger partial charge on any atom is -0.497 e. The Morgan fingerprint density at radius 3 is 2.66 bits per heavy atom. The first kappa shape index (κ1) is 22.9. The number of piperidine rings is 1. The summed E-state index contributed by atoms with van der Waals surface area (Å²) in [6, 6.07) is 6.23. The summed E-state index contributed by atoms with van der Waals surface area (Å²) in [5, 5.41) is 3.23. The molecule has 1 aliphatic carbocycles. The van der Waals surface area contributed by atoms with E-state index in [1.807, 2.05) is 13.8 Å². The van der Waals surface area contributed by atoms with E-state index in [4.69, 9.17) is 4.74 Å². The standard InChI is InChI=1S/C22H27N3O5S2/c1-22(2)11-17-19(18(26)12-22)31-21(23-17)24-20(27)14-5-4-10-25(13-14)32(28,29)16-8-6-15(30-3)7-9-16/h6-9,14H,4-5,10-13H2,1-3H3,(H,23,24,27).